The predicted molar refractivity (Wildman–Crippen MR) is 145 cm³/mol. The Balaban J connectivity index is 1.56. The summed E-state index contributed by atoms with van der Waals surface area (Å²) in [7, 11) is 3.94. The van der Waals surface area contributed by atoms with Crippen LogP contribution in [0.3, 0.4) is 0 Å². The van der Waals surface area contributed by atoms with Crippen molar-refractivity contribution in [1.82, 2.24) is 20.2 Å². The molecule has 8 nitrogen and oxygen atoms in total. The summed E-state index contributed by atoms with van der Waals surface area (Å²) in [6.07, 6.45) is 10.9. The van der Waals surface area contributed by atoms with E-state index in [-0.39, 0.29) is 6.04 Å². The number of ether oxygens (including phenoxy) is 1. The quantitative estimate of drug-likeness (QED) is 0.374. The molecule has 35 heavy (non-hydrogen) atoms. The molecular weight excluding hydrogens is 508 g/mol. The van der Waals surface area contributed by atoms with Crippen molar-refractivity contribution in [3.05, 3.63) is 41.7 Å². The Kier molecular flexibility index (Phi) is 8.98. The van der Waals surface area contributed by atoms with E-state index >= 15 is 0 Å². The maximum absolute atomic E-state index is 12.1. The molecule has 0 bridgehead atoms. The van der Waals surface area contributed by atoms with E-state index in [4.69, 9.17) is 9.72 Å². The molecule has 0 amide bonds. The molecule has 3 N–H and O–H groups in total. The summed E-state index contributed by atoms with van der Waals surface area (Å²) in [5, 5.41) is 9.79. The Morgan fingerprint density at radius 3 is 2.46 bits per heavy atom. The van der Waals surface area contributed by atoms with Gasteiger partial charge < -0.3 is 25.6 Å². The molecule has 1 aromatic carbocycles. The standard InChI is InChI=1S/C26H35BrN6O2/c1-28-16-23(27)24-22(17-34)25(32-26(31-24)30-19-12-14-33(2)15-13-19)29-18-8-10-21(11-9-18)35-20-6-4-3-5-7-20/h8-11,16-17,19-20,28H,3-7,12-15H2,1-2H3,(H2,29,30,31,32)/b23-16+. The average Bonchev–Trinajstić information content (AvgIpc) is 2.87. The van der Waals surface area contributed by atoms with Gasteiger partial charge in [-0.25, -0.2) is 4.98 Å². The fourth-order valence-corrected chi connectivity index (χ4v) is 5.11. The van der Waals surface area contributed by atoms with Crippen LogP contribution in [0.4, 0.5) is 17.5 Å². The van der Waals surface area contributed by atoms with Gasteiger partial charge in [0.15, 0.2) is 6.29 Å². The molecule has 1 aromatic heterocycles. The molecule has 0 atom stereocenters. The third-order valence-electron chi connectivity index (χ3n) is 6.58. The van der Waals surface area contributed by atoms with E-state index in [1.807, 2.05) is 24.3 Å². The minimum absolute atomic E-state index is 0.289. The molecule has 2 fully saturated rings. The largest absolute Gasteiger partial charge is 0.490 e. The molecule has 188 valence electrons. The number of rotatable bonds is 9. The van der Waals surface area contributed by atoms with Crippen molar-refractivity contribution in [1.29, 1.82) is 0 Å². The maximum Gasteiger partial charge on any atom is 0.225 e. The highest BCUT2D eigenvalue weighted by atomic mass is 79.9. The number of anilines is 3. The summed E-state index contributed by atoms with van der Waals surface area (Å²) < 4.78 is 6.83. The fraction of sp³-hybridized carbons (Fsp3) is 0.500. The number of aromatic nitrogens is 2. The van der Waals surface area contributed by atoms with E-state index in [0.29, 0.717) is 33.6 Å². The number of aldehydes is 1. The average molecular weight is 544 g/mol. The first-order valence-corrected chi connectivity index (χ1v) is 13.2. The number of hydrogen-bond donors (Lipinski definition) is 3. The lowest BCUT2D eigenvalue weighted by Crippen LogP contribution is -2.37. The van der Waals surface area contributed by atoms with Gasteiger partial charge >= 0.3 is 0 Å². The number of carbonyl (C=O) groups excluding carboxylic acids is 1. The minimum Gasteiger partial charge on any atom is -0.490 e. The molecule has 2 aliphatic rings. The van der Waals surface area contributed by atoms with Gasteiger partial charge in [0.2, 0.25) is 5.95 Å². The van der Waals surface area contributed by atoms with Crippen molar-refractivity contribution in [3.63, 3.8) is 0 Å². The van der Waals surface area contributed by atoms with Crippen LogP contribution < -0.4 is 20.7 Å². The van der Waals surface area contributed by atoms with E-state index in [1.54, 1.807) is 13.2 Å². The normalized spacial score (nSPS) is 18.2. The third-order valence-corrected chi connectivity index (χ3v) is 7.19. The second kappa shape index (κ2) is 12.4. The van der Waals surface area contributed by atoms with Gasteiger partial charge in [0.25, 0.3) is 0 Å². The molecular formula is C26H35BrN6O2. The smallest absolute Gasteiger partial charge is 0.225 e. The Morgan fingerprint density at radius 1 is 1.09 bits per heavy atom. The second-order valence-corrected chi connectivity index (χ2v) is 10.2. The van der Waals surface area contributed by atoms with Crippen LogP contribution in [0.5, 0.6) is 5.75 Å². The van der Waals surface area contributed by atoms with Gasteiger partial charge in [-0.3, -0.25) is 4.79 Å². The Labute approximate surface area is 216 Å². The van der Waals surface area contributed by atoms with Crippen LogP contribution >= 0.6 is 15.9 Å². The van der Waals surface area contributed by atoms with Gasteiger partial charge in [0, 0.05) is 25.0 Å². The molecule has 1 aliphatic heterocycles. The number of hydrogen-bond acceptors (Lipinski definition) is 8. The molecule has 9 heteroatoms. The van der Waals surface area contributed by atoms with Crippen LogP contribution in [-0.4, -0.2) is 60.5 Å². The summed E-state index contributed by atoms with van der Waals surface area (Å²) in [4.78, 5) is 23.8. The number of benzene rings is 1. The van der Waals surface area contributed by atoms with Gasteiger partial charge in [0.05, 0.1) is 21.8 Å². The number of halogens is 1. The molecule has 2 aromatic rings. The molecule has 1 saturated heterocycles. The van der Waals surface area contributed by atoms with Crippen LogP contribution in [0.25, 0.3) is 4.48 Å². The molecule has 0 unspecified atom stereocenters. The molecule has 2 heterocycles. The molecule has 1 aliphatic carbocycles. The van der Waals surface area contributed by atoms with Crippen molar-refractivity contribution in [2.75, 3.05) is 37.8 Å². The van der Waals surface area contributed by atoms with Crippen molar-refractivity contribution in [3.8, 4) is 5.75 Å². The molecule has 0 spiro atoms. The lowest BCUT2D eigenvalue weighted by Gasteiger charge is -2.29. The first-order valence-electron chi connectivity index (χ1n) is 12.4. The van der Waals surface area contributed by atoms with Gasteiger partial charge in [0.1, 0.15) is 11.6 Å². The maximum atomic E-state index is 12.1. The van der Waals surface area contributed by atoms with Crippen molar-refractivity contribution in [2.24, 2.45) is 0 Å². The third kappa shape index (κ3) is 6.95. The van der Waals surface area contributed by atoms with Crippen molar-refractivity contribution >= 4 is 44.2 Å². The highest BCUT2D eigenvalue weighted by Gasteiger charge is 2.21. The van der Waals surface area contributed by atoms with Crippen LogP contribution in [-0.2, 0) is 0 Å². The monoisotopic (exact) mass is 542 g/mol. The van der Waals surface area contributed by atoms with Gasteiger partial charge in [-0.2, -0.15) is 4.98 Å². The number of piperidine rings is 1. The summed E-state index contributed by atoms with van der Waals surface area (Å²) >= 11 is 3.55. The van der Waals surface area contributed by atoms with Gasteiger partial charge in [-0.1, -0.05) is 6.42 Å². The van der Waals surface area contributed by atoms with Crippen molar-refractivity contribution < 1.29 is 9.53 Å². The first kappa shape index (κ1) is 25.4. The molecule has 0 radical (unpaired) electrons. The SMILES string of the molecule is CN/C=C(/Br)c1nc(NC2CCN(C)CC2)nc(Nc2ccc(OC3CCCCC3)cc2)c1C=O. The predicted octanol–water partition coefficient (Wildman–Crippen LogP) is 5.16. The van der Waals surface area contributed by atoms with Gasteiger partial charge in [-0.05, 0) is 98.9 Å². The number of nitrogens with one attached hydrogen (secondary N) is 3. The molecule has 4 rings (SSSR count). The summed E-state index contributed by atoms with van der Waals surface area (Å²) in [5.41, 5.74) is 1.74. The Bertz CT molecular complexity index is 1020. The van der Waals surface area contributed by atoms with Crippen LogP contribution in [0, 0.1) is 0 Å². The lowest BCUT2D eigenvalue weighted by atomic mass is 9.98. The van der Waals surface area contributed by atoms with E-state index < -0.39 is 0 Å². The highest BCUT2D eigenvalue weighted by Crippen LogP contribution is 2.30. The second-order valence-electron chi connectivity index (χ2n) is 9.31. The number of carbonyl (C=O) groups is 1. The van der Waals surface area contributed by atoms with E-state index in [0.717, 1.165) is 56.5 Å². The van der Waals surface area contributed by atoms with Gasteiger partial charge in [-0.15, -0.1) is 0 Å². The first-order chi connectivity index (χ1) is 17.1. The Hall–Kier alpha value is -2.65. The zero-order valence-electron chi connectivity index (χ0n) is 20.5. The number of likely N-dealkylation sites (tertiary alicyclic amines) is 1. The van der Waals surface area contributed by atoms with Crippen molar-refractivity contribution in [2.45, 2.75) is 57.1 Å². The van der Waals surface area contributed by atoms with E-state index in [2.05, 4.69) is 48.8 Å². The zero-order valence-corrected chi connectivity index (χ0v) is 22.1. The number of nitrogens with zero attached hydrogens (tertiary/aromatic N) is 3. The summed E-state index contributed by atoms with van der Waals surface area (Å²) in [5.74, 6) is 1.83. The van der Waals surface area contributed by atoms with Crippen LogP contribution in [0.15, 0.2) is 30.5 Å². The topological polar surface area (TPSA) is 91.4 Å². The minimum atomic E-state index is 0.289. The van der Waals surface area contributed by atoms with E-state index in [9.17, 15) is 4.79 Å². The fourth-order valence-electron chi connectivity index (χ4n) is 4.58. The highest BCUT2D eigenvalue weighted by molar-refractivity contribution is 9.15. The van der Waals surface area contributed by atoms with Crippen LogP contribution in [0.2, 0.25) is 0 Å². The lowest BCUT2D eigenvalue weighted by molar-refractivity contribution is 0.112. The Morgan fingerprint density at radius 2 is 1.80 bits per heavy atom. The van der Waals surface area contributed by atoms with E-state index in [1.165, 1.54) is 19.3 Å². The zero-order chi connectivity index (χ0) is 24.6. The summed E-state index contributed by atoms with van der Waals surface area (Å²) in [6, 6.07) is 8.13. The van der Waals surface area contributed by atoms with Crippen LogP contribution in [0.1, 0.15) is 61.0 Å². The molecule has 1 saturated carbocycles. The summed E-state index contributed by atoms with van der Waals surface area (Å²) in [6.45, 7) is 2.06.